The number of nitrogens with one attached hydrogen (secondary N) is 1. The van der Waals surface area contributed by atoms with E-state index in [1.165, 1.54) is 0 Å². The summed E-state index contributed by atoms with van der Waals surface area (Å²) in [6.45, 7) is 5.18. The SMILES string of the molecule is CC(C)(C)OC(=O)C[C@H](CC(=O)O)NC(=O)OCc1ccccc1. The first-order valence-electron chi connectivity index (χ1n) is 7.56. The minimum absolute atomic E-state index is 0.0545. The Balaban J connectivity index is 2.53. The van der Waals surface area contributed by atoms with E-state index in [4.69, 9.17) is 14.6 Å². The summed E-state index contributed by atoms with van der Waals surface area (Å²) in [5.74, 6) is -1.72. The number of hydrogen-bond donors (Lipinski definition) is 2. The molecule has 7 heteroatoms. The second-order valence-electron chi connectivity index (χ2n) is 6.29. The van der Waals surface area contributed by atoms with Crippen LogP contribution in [0.4, 0.5) is 4.79 Å². The van der Waals surface area contributed by atoms with Crippen molar-refractivity contribution in [3.8, 4) is 0 Å². The molecule has 2 N–H and O–H groups in total. The molecule has 1 amide bonds. The minimum atomic E-state index is -1.13. The number of ether oxygens (including phenoxy) is 2. The molecule has 0 fully saturated rings. The zero-order valence-corrected chi connectivity index (χ0v) is 14.1. The lowest BCUT2D eigenvalue weighted by Gasteiger charge is -2.22. The third-order valence-electron chi connectivity index (χ3n) is 2.79. The average Bonchev–Trinajstić information content (AvgIpc) is 2.43. The zero-order valence-electron chi connectivity index (χ0n) is 14.1. The number of hydrogen-bond acceptors (Lipinski definition) is 5. The van der Waals surface area contributed by atoms with E-state index in [9.17, 15) is 14.4 Å². The van der Waals surface area contributed by atoms with Gasteiger partial charge in [-0.1, -0.05) is 30.3 Å². The molecule has 0 aliphatic heterocycles. The van der Waals surface area contributed by atoms with Crippen LogP contribution in [0.15, 0.2) is 30.3 Å². The maximum absolute atomic E-state index is 11.8. The van der Waals surface area contributed by atoms with Crippen molar-refractivity contribution in [2.45, 2.75) is 51.9 Å². The first-order chi connectivity index (χ1) is 11.2. The molecule has 0 radical (unpaired) electrons. The summed E-state index contributed by atoms with van der Waals surface area (Å²) < 4.78 is 10.2. The predicted octanol–water partition coefficient (Wildman–Crippen LogP) is 2.49. The minimum Gasteiger partial charge on any atom is -0.481 e. The van der Waals surface area contributed by atoms with Crippen LogP contribution in [0.2, 0.25) is 0 Å². The van der Waals surface area contributed by atoms with E-state index in [1.807, 2.05) is 18.2 Å². The molecule has 24 heavy (non-hydrogen) atoms. The third-order valence-corrected chi connectivity index (χ3v) is 2.79. The molecule has 0 spiro atoms. The molecule has 1 rings (SSSR count). The number of amides is 1. The van der Waals surface area contributed by atoms with E-state index in [2.05, 4.69) is 5.32 Å². The average molecular weight is 337 g/mol. The van der Waals surface area contributed by atoms with Gasteiger partial charge in [0.1, 0.15) is 12.2 Å². The lowest BCUT2D eigenvalue weighted by molar-refractivity contribution is -0.155. The van der Waals surface area contributed by atoms with Gasteiger partial charge in [-0.15, -0.1) is 0 Å². The van der Waals surface area contributed by atoms with Gasteiger partial charge in [0.25, 0.3) is 0 Å². The monoisotopic (exact) mass is 337 g/mol. The molecule has 0 unspecified atom stereocenters. The number of carboxylic acids is 1. The molecular formula is C17H23NO6. The fourth-order valence-electron chi connectivity index (χ4n) is 1.90. The van der Waals surface area contributed by atoms with Gasteiger partial charge >= 0.3 is 18.0 Å². The molecule has 0 saturated carbocycles. The molecule has 0 bridgehead atoms. The van der Waals surface area contributed by atoms with E-state index in [-0.39, 0.29) is 13.0 Å². The van der Waals surface area contributed by atoms with Gasteiger partial charge < -0.3 is 19.9 Å². The van der Waals surface area contributed by atoms with Gasteiger partial charge in [0.15, 0.2) is 0 Å². The summed E-state index contributed by atoms with van der Waals surface area (Å²) in [6.07, 6.45) is -1.43. The molecule has 1 aromatic carbocycles. The van der Waals surface area contributed by atoms with Gasteiger partial charge in [-0.05, 0) is 26.3 Å². The van der Waals surface area contributed by atoms with Crippen LogP contribution < -0.4 is 5.32 Å². The van der Waals surface area contributed by atoms with Crippen molar-refractivity contribution >= 4 is 18.0 Å². The van der Waals surface area contributed by atoms with Crippen LogP contribution in [0, 0.1) is 0 Å². The Bertz CT molecular complexity index is 564. The van der Waals surface area contributed by atoms with Gasteiger partial charge in [0.05, 0.1) is 18.9 Å². The van der Waals surface area contributed by atoms with Crippen LogP contribution in [0.1, 0.15) is 39.2 Å². The highest BCUT2D eigenvalue weighted by atomic mass is 16.6. The number of carbonyl (C=O) groups excluding carboxylic acids is 2. The molecule has 132 valence electrons. The number of alkyl carbamates (subject to hydrolysis) is 1. The van der Waals surface area contributed by atoms with Crippen molar-refractivity contribution in [1.82, 2.24) is 5.32 Å². The summed E-state index contributed by atoms with van der Waals surface area (Å²) in [6, 6.07) is 8.15. The number of rotatable bonds is 7. The Labute approximate surface area is 141 Å². The lowest BCUT2D eigenvalue weighted by atomic mass is 10.1. The number of esters is 1. The Morgan fingerprint density at radius 3 is 2.29 bits per heavy atom. The summed E-state index contributed by atoms with van der Waals surface area (Å²) >= 11 is 0. The van der Waals surface area contributed by atoms with E-state index < -0.39 is 36.1 Å². The van der Waals surface area contributed by atoms with E-state index in [1.54, 1.807) is 32.9 Å². The topological polar surface area (TPSA) is 102 Å². The normalized spacial score (nSPS) is 12.1. The van der Waals surface area contributed by atoms with Crippen molar-refractivity contribution in [2.24, 2.45) is 0 Å². The van der Waals surface area contributed by atoms with Crippen LogP contribution in [-0.2, 0) is 25.7 Å². The highest BCUT2D eigenvalue weighted by molar-refractivity contribution is 5.76. The Kier molecular flexibility index (Phi) is 7.23. The molecule has 0 heterocycles. The molecular weight excluding hydrogens is 314 g/mol. The van der Waals surface area contributed by atoms with Crippen molar-refractivity contribution < 1.29 is 29.0 Å². The highest BCUT2D eigenvalue weighted by Crippen LogP contribution is 2.11. The Hall–Kier alpha value is -2.57. The molecule has 0 aliphatic rings. The summed E-state index contributed by atoms with van der Waals surface area (Å²) in [7, 11) is 0. The Morgan fingerprint density at radius 2 is 1.75 bits per heavy atom. The summed E-state index contributed by atoms with van der Waals surface area (Å²) in [4.78, 5) is 34.5. The van der Waals surface area contributed by atoms with Gasteiger partial charge in [-0.2, -0.15) is 0 Å². The van der Waals surface area contributed by atoms with Crippen LogP contribution in [-0.4, -0.2) is 34.8 Å². The van der Waals surface area contributed by atoms with E-state index in [0.29, 0.717) is 0 Å². The molecule has 0 aliphatic carbocycles. The van der Waals surface area contributed by atoms with Gasteiger partial charge in [-0.3, -0.25) is 9.59 Å². The van der Waals surface area contributed by atoms with Crippen molar-refractivity contribution in [2.75, 3.05) is 0 Å². The predicted molar refractivity (Wildman–Crippen MR) is 86.3 cm³/mol. The standard InChI is InChI=1S/C17H23NO6/c1-17(2,3)24-15(21)10-13(9-14(19)20)18-16(22)23-11-12-7-5-4-6-8-12/h4-8,13H,9-11H2,1-3H3,(H,18,22)(H,19,20)/t13-/m0/s1. The van der Waals surface area contributed by atoms with Crippen molar-refractivity contribution in [3.05, 3.63) is 35.9 Å². The maximum atomic E-state index is 11.8. The molecule has 1 aromatic rings. The van der Waals surface area contributed by atoms with E-state index >= 15 is 0 Å². The maximum Gasteiger partial charge on any atom is 0.407 e. The van der Waals surface area contributed by atoms with Gasteiger partial charge in [0.2, 0.25) is 0 Å². The molecule has 0 aromatic heterocycles. The van der Waals surface area contributed by atoms with Crippen molar-refractivity contribution in [3.63, 3.8) is 0 Å². The van der Waals surface area contributed by atoms with Crippen LogP contribution in [0.25, 0.3) is 0 Å². The van der Waals surface area contributed by atoms with Crippen LogP contribution >= 0.6 is 0 Å². The number of carboxylic acid groups (broad SMARTS) is 1. The molecule has 0 saturated heterocycles. The number of benzene rings is 1. The fraction of sp³-hybridized carbons (Fsp3) is 0.471. The second-order valence-corrected chi connectivity index (χ2v) is 6.29. The quantitative estimate of drug-likeness (QED) is 0.741. The Morgan fingerprint density at radius 1 is 1.12 bits per heavy atom. The molecule has 1 atom stereocenters. The van der Waals surface area contributed by atoms with Crippen LogP contribution in [0.3, 0.4) is 0 Å². The summed E-state index contributed by atoms with van der Waals surface area (Å²) in [5.41, 5.74) is 0.119. The van der Waals surface area contributed by atoms with Crippen LogP contribution in [0.5, 0.6) is 0 Å². The highest BCUT2D eigenvalue weighted by Gasteiger charge is 2.24. The van der Waals surface area contributed by atoms with Gasteiger partial charge in [0, 0.05) is 0 Å². The van der Waals surface area contributed by atoms with Crippen molar-refractivity contribution in [1.29, 1.82) is 0 Å². The fourth-order valence-corrected chi connectivity index (χ4v) is 1.90. The number of aliphatic carboxylic acids is 1. The summed E-state index contributed by atoms with van der Waals surface area (Å²) in [5, 5.41) is 11.3. The lowest BCUT2D eigenvalue weighted by Crippen LogP contribution is -2.39. The zero-order chi connectivity index (χ0) is 18.2. The van der Waals surface area contributed by atoms with Gasteiger partial charge in [-0.25, -0.2) is 4.79 Å². The first kappa shape index (κ1) is 19.5. The number of carbonyl (C=O) groups is 3. The molecule has 7 nitrogen and oxygen atoms in total. The third kappa shape index (κ3) is 8.77. The second kappa shape index (κ2) is 8.90. The largest absolute Gasteiger partial charge is 0.481 e. The smallest absolute Gasteiger partial charge is 0.407 e. The first-order valence-corrected chi connectivity index (χ1v) is 7.56. The van der Waals surface area contributed by atoms with E-state index in [0.717, 1.165) is 5.56 Å².